The number of fused-ring (bicyclic) bond motifs is 1. The molecule has 0 spiro atoms. The fourth-order valence-electron chi connectivity index (χ4n) is 2.97. The van der Waals surface area contributed by atoms with Gasteiger partial charge >= 0.3 is 0 Å². The number of anilines is 1. The second kappa shape index (κ2) is 8.20. The third-order valence-electron chi connectivity index (χ3n) is 4.46. The van der Waals surface area contributed by atoms with Gasteiger partial charge in [-0.15, -0.1) is 0 Å². The molecule has 2 aromatic carbocycles. The highest BCUT2D eigenvalue weighted by atomic mass is 79.9. The Morgan fingerprint density at radius 3 is 2.75 bits per heavy atom. The number of pyridine rings is 1. The molecule has 0 aliphatic rings. The molecule has 0 atom stereocenters. The number of carbonyl (C=O) groups excluding carboxylic acids is 1. The van der Waals surface area contributed by atoms with Crippen LogP contribution in [0.1, 0.15) is 28.4 Å². The lowest BCUT2D eigenvalue weighted by molar-refractivity contribution is 0.0985. The number of aryl methyl sites for hydroxylation is 1. The van der Waals surface area contributed by atoms with Gasteiger partial charge in [0.15, 0.2) is 5.13 Å². The first-order valence-electron chi connectivity index (χ1n) is 9.00. The minimum absolute atomic E-state index is 0.0834. The summed E-state index contributed by atoms with van der Waals surface area (Å²) in [6, 6.07) is 17.6. The molecule has 2 aromatic heterocycles. The first kappa shape index (κ1) is 18.8. The van der Waals surface area contributed by atoms with Crippen LogP contribution in [0.5, 0.6) is 0 Å². The molecule has 4 aromatic rings. The smallest absolute Gasteiger partial charge is 0.260 e. The molecule has 0 radical (unpaired) electrons. The molecule has 2 heterocycles. The van der Waals surface area contributed by atoms with E-state index >= 15 is 0 Å². The number of rotatable bonds is 5. The van der Waals surface area contributed by atoms with Crippen molar-refractivity contribution in [2.75, 3.05) is 4.90 Å². The van der Waals surface area contributed by atoms with Gasteiger partial charge in [0.05, 0.1) is 16.8 Å². The molecule has 0 aliphatic heterocycles. The van der Waals surface area contributed by atoms with Crippen LogP contribution in [-0.4, -0.2) is 15.9 Å². The van der Waals surface area contributed by atoms with Crippen molar-refractivity contribution in [2.45, 2.75) is 19.9 Å². The van der Waals surface area contributed by atoms with Crippen molar-refractivity contribution in [2.24, 2.45) is 0 Å². The van der Waals surface area contributed by atoms with E-state index in [0.29, 0.717) is 17.2 Å². The second-order valence-corrected chi connectivity index (χ2v) is 8.34. The summed E-state index contributed by atoms with van der Waals surface area (Å²) in [6.45, 7) is 2.55. The maximum Gasteiger partial charge on any atom is 0.260 e. The predicted octanol–water partition coefficient (Wildman–Crippen LogP) is 5.86. The highest BCUT2D eigenvalue weighted by Crippen LogP contribution is 2.32. The molecule has 6 heteroatoms. The Hall–Kier alpha value is -2.57. The molecule has 0 bridgehead atoms. The number of halogens is 1. The van der Waals surface area contributed by atoms with E-state index in [-0.39, 0.29) is 5.91 Å². The van der Waals surface area contributed by atoms with Crippen molar-refractivity contribution < 1.29 is 4.79 Å². The minimum Gasteiger partial charge on any atom is -0.279 e. The van der Waals surface area contributed by atoms with Crippen LogP contribution in [0, 0.1) is 0 Å². The lowest BCUT2D eigenvalue weighted by atomic mass is 10.2. The van der Waals surface area contributed by atoms with E-state index in [0.717, 1.165) is 26.7 Å². The normalized spacial score (nSPS) is 10.9. The van der Waals surface area contributed by atoms with Gasteiger partial charge in [-0.25, -0.2) is 4.98 Å². The molecule has 0 unspecified atom stereocenters. The van der Waals surface area contributed by atoms with Gasteiger partial charge in [-0.1, -0.05) is 52.4 Å². The lowest BCUT2D eigenvalue weighted by Crippen LogP contribution is -2.30. The average molecular weight is 452 g/mol. The molecule has 4 rings (SSSR count). The van der Waals surface area contributed by atoms with Crippen LogP contribution in [0.15, 0.2) is 71.5 Å². The fraction of sp³-hybridized carbons (Fsp3) is 0.136. The summed E-state index contributed by atoms with van der Waals surface area (Å²) in [4.78, 5) is 24.0. The largest absolute Gasteiger partial charge is 0.279 e. The highest BCUT2D eigenvalue weighted by molar-refractivity contribution is 9.10. The van der Waals surface area contributed by atoms with Gasteiger partial charge in [-0.2, -0.15) is 0 Å². The van der Waals surface area contributed by atoms with Gasteiger partial charge in [0.1, 0.15) is 0 Å². The summed E-state index contributed by atoms with van der Waals surface area (Å²) >= 11 is 5.00. The molecular formula is C22H18BrN3OS. The van der Waals surface area contributed by atoms with Gasteiger partial charge in [0.2, 0.25) is 0 Å². The summed E-state index contributed by atoms with van der Waals surface area (Å²) < 4.78 is 1.96. The number of benzene rings is 2. The predicted molar refractivity (Wildman–Crippen MR) is 118 cm³/mol. The van der Waals surface area contributed by atoms with E-state index in [1.807, 2.05) is 42.5 Å². The van der Waals surface area contributed by atoms with Gasteiger partial charge in [0, 0.05) is 22.4 Å². The molecule has 0 aliphatic carbocycles. The Labute approximate surface area is 176 Å². The molecule has 1 amide bonds. The van der Waals surface area contributed by atoms with Crippen molar-refractivity contribution >= 4 is 48.5 Å². The van der Waals surface area contributed by atoms with Crippen molar-refractivity contribution in [1.29, 1.82) is 0 Å². The Morgan fingerprint density at radius 1 is 1.11 bits per heavy atom. The maximum atomic E-state index is 13.4. The number of hydrogen-bond donors (Lipinski definition) is 0. The Kier molecular flexibility index (Phi) is 5.50. The Bertz CT molecular complexity index is 1130. The van der Waals surface area contributed by atoms with Crippen molar-refractivity contribution in [3.8, 4) is 0 Å². The van der Waals surface area contributed by atoms with Gasteiger partial charge < -0.3 is 0 Å². The topological polar surface area (TPSA) is 46.1 Å². The third-order valence-corrected chi connectivity index (χ3v) is 6.00. The molecule has 4 nitrogen and oxygen atoms in total. The first-order valence-corrected chi connectivity index (χ1v) is 10.6. The zero-order chi connectivity index (χ0) is 19.5. The number of carbonyl (C=O) groups is 1. The number of thiazole rings is 1. The monoisotopic (exact) mass is 451 g/mol. The van der Waals surface area contributed by atoms with Gasteiger partial charge in [-0.3, -0.25) is 14.7 Å². The van der Waals surface area contributed by atoms with Crippen LogP contribution in [0.4, 0.5) is 5.13 Å². The molecule has 28 heavy (non-hydrogen) atoms. The molecule has 0 N–H and O–H groups in total. The minimum atomic E-state index is -0.0834. The fourth-order valence-corrected chi connectivity index (χ4v) is 4.40. The molecule has 0 saturated carbocycles. The molecular weight excluding hydrogens is 434 g/mol. The Morgan fingerprint density at radius 2 is 2.00 bits per heavy atom. The van der Waals surface area contributed by atoms with Crippen LogP contribution in [0.2, 0.25) is 0 Å². The summed E-state index contributed by atoms with van der Waals surface area (Å²) in [5, 5.41) is 0.692. The quantitative estimate of drug-likeness (QED) is 0.381. The average Bonchev–Trinajstić information content (AvgIpc) is 3.15. The lowest BCUT2D eigenvalue weighted by Gasteiger charge is -2.20. The van der Waals surface area contributed by atoms with Crippen LogP contribution in [-0.2, 0) is 13.0 Å². The van der Waals surface area contributed by atoms with E-state index in [2.05, 4.69) is 40.0 Å². The zero-order valence-electron chi connectivity index (χ0n) is 15.3. The second-order valence-electron chi connectivity index (χ2n) is 6.41. The van der Waals surface area contributed by atoms with Crippen LogP contribution >= 0.6 is 27.3 Å². The van der Waals surface area contributed by atoms with Crippen LogP contribution in [0.25, 0.3) is 10.2 Å². The maximum absolute atomic E-state index is 13.4. The van der Waals surface area contributed by atoms with E-state index in [1.54, 1.807) is 28.6 Å². The first-order chi connectivity index (χ1) is 13.6. The molecule has 0 saturated heterocycles. The number of nitrogens with zero attached hydrogens (tertiary/aromatic N) is 3. The van der Waals surface area contributed by atoms with E-state index in [1.165, 1.54) is 5.56 Å². The SMILES string of the molecule is CCc1ccc2nc(N(Cc3cccnc3)C(=O)c3cccc(Br)c3)sc2c1. The van der Waals surface area contributed by atoms with Crippen molar-refractivity contribution in [3.63, 3.8) is 0 Å². The molecule has 0 fully saturated rings. The van der Waals surface area contributed by atoms with Gasteiger partial charge in [0.25, 0.3) is 5.91 Å². The van der Waals surface area contributed by atoms with Crippen LogP contribution in [0.3, 0.4) is 0 Å². The summed E-state index contributed by atoms with van der Waals surface area (Å²) in [7, 11) is 0. The van der Waals surface area contributed by atoms with E-state index in [9.17, 15) is 4.79 Å². The van der Waals surface area contributed by atoms with E-state index in [4.69, 9.17) is 4.98 Å². The van der Waals surface area contributed by atoms with E-state index < -0.39 is 0 Å². The molecule has 140 valence electrons. The van der Waals surface area contributed by atoms with Crippen molar-refractivity contribution in [3.05, 3.63) is 88.2 Å². The zero-order valence-corrected chi connectivity index (χ0v) is 17.7. The summed E-state index contributed by atoms with van der Waals surface area (Å²) in [5.74, 6) is -0.0834. The van der Waals surface area contributed by atoms with Crippen molar-refractivity contribution in [1.82, 2.24) is 9.97 Å². The number of hydrogen-bond acceptors (Lipinski definition) is 4. The number of aromatic nitrogens is 2. The standard InChI is InChI=1S/C22H18BrN3OS/c1-2-15-8-9-19-20(11-15)28-22(25-19)26(14-16-5-4-10-24-13-16)21(27)17-6-3-7-18(23)12-17/h3-13H,2,14H2,1H3. The highest BCUT2D eigenvalue weighted by Gasteiger charge is 2.22. The third kappa shape index (κ3) is 3.98. The summed E-state index contributed by atoms with van der Waals surface area (Å²) in [6.07, 6.45) is 4.48. The number of amides is 1. The Balaban J connectivity index is 1.77. The van der Waals surface area contributed by atoms with Crippen LogP contribution < -0.4 is 4.90 Å². The summed E-state index contributed by atoms with van der Waals surface area (Å²) in [5.41, 5.74) is 3.75. The van der Waals surface area contributed by atoms with Gasteiger partial charge in [-0.05, 0) is 53.9 Å².